The van der Waals surface area contributed by atoms with Gasteiger partial charge >= 0.3 is 0 Å². The van der Waals surface area contributed by atoms with Crippen molar-refractivity contribution >= 4 is 22.6 Å². The number of amides is 2. The second kappa shape index (κ2) is 11.9. The third-order valence-corrected chi connectivity index (χ3v) is 6.73. The number of piperazine rings is 1. The summed E-state index contributed by atoms with van der Waals surface area (Å²) in [6.07, 6.45) is 2.38. The molecule has 4 rings (SSSR count). The van der Waals surface area contributed by atoms with Crippen molar-refractivity contribution in [3.8, 4) is 0 Å². The lowest BCUT2D eigenvalue weighted by molar-refractivity contribution is -0.132. The summed E-state index contributed by atoms with van der Waals surface area (Å²) < 4.78 is 13.3. The fourth-order valence-electron chi connectivity index (χ4n) is 4.53. The fourth-order valence-corrected chi connectivity index (χ4v) is 4.53. The lowest BCUT2D eigenvalue weighted by atomic mass is 10.1. The number of unbranched alkanes of at least 4 members (excludes halogenated alkanes) is 1. The number of fused-ring (bicyclic) bond motifs is 1. The fraction of sp³-hybridized carbons (Fsp3) is 0.379. The zero-order chi connectivity index (χ0) is 24.6. The molecule has 3 aromatic rings. The topological polar surface area (TPSA) is 43.9 Å². The van der Waals surface area contributed by atoms with Crippen LogP contribution in [-0.4, -0.2) is 65.8 Å². The van der Waals surface area contributed by atoms with Crippen molar-refractivity contribution in [3.05, 3.63) is 83.7 Å². The summed E-state index contributed by atoms with van der Waals surface area (Å²) in [6.45, 7) is 6.87. The van der Waals surface area contributed by atoms with Gasteiger partial charge in [-0.25, -0.2) is 4.39 Å². The molecule has 0 atom stereocenters. The maximum atomic E-state index is 13.3. The van der Waals surface area contributed by atoms with E-state index in [0.717, 1.165) is 54.4 Å². The molecule has 3 aromatic carbocycles. The van der Waals surface area contributed by atoms with E-state index in [1.54, 1.807) is 12.1 Å². The van der Waals surface area contributed by atoms with Crippen LogP contribution in [0.1, 0.15) is 42.1 Å². The summed E-state index contributed by atoms with van der Waals surface area (Å²) in [4.78, 5) is 32.0. The molecule has 0 bridgehead atoms. The highest BCUT2D eigenvalue weighted by Crippen LogP contribution is 2.18. The van der Waals surface area contributed by atoms with Crippen LogP contribution >= 0.6 is 0 Å². The molecular weight excluding hydrogens is 441 g/mol. The first-order chi connectivity index (χ1) is 17.0. The van der Waals surface area contributed by atoms with Crippen molar-refractivity contribution in [3.63, 3.8) is 0 Å². The summed E-state index contributed by atoms with van der Waals surface area (Å²) in [5.74, 6) is -0.0573. The smallest absolute Gasteiger partial charge is 0.253 e. The highest BCUT2D eigenvalue weighted by atomic mass is 19.1. The van der Waals surface area contributed by atoms with Gasteiger partial charge in [-0.3, -0.25) is 14.5 Å². The zero-order valence-electron chi connectivity index (χ0n) is 20.5. The Morgan fingerprint density at radius 1 is 0.914 bits per heavy atom. The molecule has 6 heteroatoms. The Hall–Kier alpha value is -3.25. The lowest BCUT2D eigenvalue weighted by Gasteiger charge is -2.36. The molecule has 2 amide bonds. The number of carbonyl (C=O) groups excluding carboxylic acids is 2. The third kappa shape index (κ3) is 6.67. The summed E-state index contributed by atoms with van der Waals surface area (Å²) in [5, 5.41) is 2.21. The number of hydrogen-bond donors (Lipinski definition) is 0. The molecule has 0 aliphatic carbocycles. The molecule has 0 spiro atoms. The van der Waals surface area contributed by atoms with Gasteiger partial charge in [0.15, 0.2) is 0 Å². The predicted molar refractivity (Wildman–Crippen MR) is 138 cm³/mol. The average molecular weight is 476 g/mol. The minimum Gasteiger partial charge on any atom is -0.337 e. The monoisotopic (exact) mass is 475 g/mol. The van der Waals surface area contributed by atoms with Gasteiger partial charge in [0.1, 0.15) is 5.82 Å². The number of carbonyl (C=O) groups is 2. The molecule has 1 aliphatic rings. The van der Waals surface area contributed by atoms with Gasteiger partial charge in [-0.15, -0.1) is 0 Å². The quantitative estimate of drug-likeness (QED) is 0.440. The van der Waals surface area contributed by atoms with E-state index in [2.05, 4.69) is 17.9 Å². The van der Waals surface area contributed by atoms with E-state index in [1.807, 2.05) is 46.2 Å². The minimum absolute atomic E-state index is 0.0723. The molecule has 0 unspecified atom stereocenters. The van der Waals surface area contributed by atoms with Crippen LogP contribution < -0.4 is 0 Å². The Bertz CT molecular complexity index is 1140. The van der Waals surface area contributed by atoms with Crippen LogP contribution in [-0.2, 0) is 11.3 Å². The Balaban J connectivity index is 1.31. The maximum absolute atomic E-state index is 13.3. The number of nitrogens with zero attached hydrogens (tertiary/aromatic N) is 3. The molecule has 0 aromatic heterocycles. The maximum Gasteiger partial charge on any atom is 0.253 e. The first-order valence-corrected chi connectivity index (χ1v) is 12.6. The molecular formula is C29H34FN3O2. The first kappa shape index (κ1) is 24.9. The van der Waals surface area contributed by atoms with E-state index in [-0.39, 0.29) is 17.6 Å². The van der Waals surface area contributed by atoms with Crippen molar-refractivity contribution in [2.75, 3.05) is 39.3 Å². The second-order valence-electron chi connectivity index (χ2n) is 9.24. The Kier molecular flexibility index (Phi) is 8.48. The van der Waals surface area contributed by atoms with E-state index >= 15 is 0 Å². The molecule has 1 fully saturated rings. The Labute approximate surface area is 207 Å². The molecule has 35 heavy (non-hydrogen) atoms. The van der Waals surface area contributed by atoms with Gasteiger partial charge in [0.25, 0.3) is 5.91 Å². The zero-order valence-corrected chi connectivity index (χ0v) is 20.5. The Morgan fingerprint density at radius 2 is 1.63 bits per heavy atom. The van der Waals surface area contributed by atoms with Gasteiger partial charge in [-0.2, -0.15) is 0 Å². The number of benzene rings is 3. The van der Waals surface area contributed by atoms with Crippen molar-refractivity contribution < 1.29 is 14.0 Å². The van der Waals surface area contributed by atoms with Crippen LogP contribution in [0.2, 0.25) is 0 Å². The first-order valence-electron chi connectivity index (χ1n) is 12.6. The van der Waals surface area contributed by atoms with Crippen molar-refractivity contribution in [2.45, 2.75) is 32.7 Å². The minimum atomic E-state index is -0.270. The van der Waals surface area contributed by atoms with Crippen LogP contribution in [0.5, 0.6) is 0 Å². The van der Waals surface area contributed by atoms with Gasteiger partial charge in [-0.05, 0) is 47.0 Å². The van der Waals surface area contributed by atoms with Crippen LogP contribution in [0.25, 0.3) is 10.8 Å². The molecule has 1 saturated heterocycles. The summed E-state index contributed by atoms with van der Waals surface area (Å²) in [7, 11) is 0. The summed E-state index contributed by atoms with van der Waals surface area (Å²) >= 11 is 0. The van der Waals surface area contributed by atoms with Crippen LogP contribution in [0.3, 0.4) is 0 Å². The molecule has 5 nitrogen and oxygen atoms in total. The van der Waals surface area contributed by atoms with Gasteiger partial charge < -0.3 is 9.80 Å². The van der Waals surface area contributed by atoms with Crippen molar-refractivity contribution in [1.29, 1.82) is 0 Å². The molecule has 1 heterocycles. The predicted octanol–water partition coefficient (Wildman–Crippen LogP) is 4.96. The van der Waals surface area contributed by atoms with Gasteiger partial charge in [0.2, 0.25) is 5.91 Å². The molecule has 0 N–H and O–H groups in total. The highest BCUT2D eigenvalue weighted by Gasteiger charge is 2.23. The van der Waals surface area contributed by atoms with Gasteiger partial charge in [0.05, 0.1) is 0 Å². The standard InChI is InChI=1S/C29H34FN3O2/c1-2-3-8-28(34)33(22-23-9-13-27(30)14-10-23)20-17-31-15-18-32(19-16-31)29(35)26-12-11-24-6-4-5-7-25(24)21-26/h4-7,9-14,21H,2-3,8,15-20,22H2,1H3. The second-order valence-corrected chi connectivity index (χ2v) is 9.24. The lowest BCUT2D eigenvalue weighted by Crippen LogP contribution is -2.50. The summed E-state index contributed by atoms with van der Waals surface area (Å²) in [6, 6.07) is 20.3. The van der Waals surface area contributed by atoms with E-state index in [4.69, 9.17) is 0 Å². The normalized spacial score (nSPS) is 14.3. The number of rotatable bonds is 9. The van der Waals surface area contributed by atoms with E-state index in [9.17, 15) is 14.0 Å². The molecule has 0 saturated carbocycles. The van der Waals surface area contributed by atoms with Crippen molar-refractivity contribution in [2.24, 2.45) is 0 Å². The largest absolute Gasteiger partial charge is 0.337 e. The van der Waals surface area contributed by atoms with E-state index in [0.29, 0.717) is 32.6 Å². The van der Waals surface area contributed by atoms with Gasteiger partial charge in [-0.1, -0.05) is 55.8 Å². The number of halogens is 1. The van der Waals surface area contributed by atoms with E-state index in [1.165, 1.54) is 12.1 Å². The number of hydrogen-bond acceptors (Lipinski definition) is 3. The van der Waals surface area contributed by atoms with Crippen LogP contribution in [0, 0.1) is 5.82 Å². The van der Waals surface area contributed by atoms with Crippen molar-refractivity contribution in [1.82, 2.24) is 14.7 Å². The third-order valence-electron chi connectivity index (χ3n) is 6.73. The molecule has 184 valence electrons. The molecule has 0 radical (unpaired) electrons. The molecule has 1 aliphatic heterocycles. The Morgan fingerprint density at radius 3 is 2.34 bits per heavy atom. The summed E-state index contributed by atoms with van der Waals surface area (Å²) in [5.41, 5.74) is 1.66. The van der Waals surface area contributed by atoms with Crippen LogP contribution in [0.4, 0.5) is 4.39 Å². The van der Waals surface area contributed by atoms with Crippen LogP contribution in [0.15, 0.2) is 66.7 Å². The van der Waals surface area contributed by atoms with Gasteiger partial charge in [0, 0.05) is 57.8 Å². The highest BCUT2D eigenvalue weighted by molar-refractivity contribution is 5.98. The SMILES string of the molecule is CCCCC(=O)N(CCN1CCN(C(=O)c2ccc3ccccc3c2)CC1)Cc1ccc(F)cc1. The average Bonchev–Trinajstić information content (AvgIpc) is 2.90. The van der Waals surface area contributed by atoms with E-state index < -0.39 is 0 Å².